The van der Waals surface area contributed by atoms with Gasteiger partial charge in [0.25, 0.3) is 5.91 Å². The summed E-state index contributed by atoms with van der Waals surface area (Å²) in [6.07, 6.45) is -4.78. The maximum atomic E-state index is 12.8. The van der Waals surface area contributed by atoms with E-state index in [2.05, 4.69) is 5.10 Å². The SMILES string of the molecule is NCc1ccc(-n2nc(C(F)(F)F)c(N)c2C(N)=O)cc1. The molecule has 0 radical (unpaired) electrons. The zero-order valence-electron chi connectivity index (χ0n) is 10.7. The molecule has 0 fully saturated rings. The quantitative estimate of drug-likeness (QED) is 0.785. The van der Waals surface area contributed by atoms with E-state index in [0.717, 1.165) is 10.2 Å². The lowest BCUT2D eigenvalue weighted by atomic mass is 10.2. The predicted octanol–water partition coefficient (Wildman–Crippen LogP) is 1.03. The number of carbonyl (C=O) groups is 1. The molecule has 21 heavy (non-hydrogen) atoms. The fraction of sp³-hybridized carbons (Fsp3) is 0.167. The second-order valence-electron chi connectivity index (χ2n) is 4.26. The second-order valence-corrected chi connectivity index (χ2v) is 4.26. The number of nitrogen functional groups attached to an aromatic ring is 1. The van der Waals surface area contributed by atoms with Crippen molar-refractivity contribution in [1.82, 2.24) is 9.78 Å². The van der Waals surface area contributed by atoms with Crippen molar-refractivity contribution in [2.24, 2.45) is 11.5 Å². The summed E-state index contributed by atoms with van der Waals surface area (Å²) in [6, 6.07) is 6.15. The summed E-state index contributed by atoms with van der Waals surface area (Å²) >= 11 is 0. The first-order valence-electron chi connectivity index (χ1n) is 5.80. The van der Waals surface area contributed by atoms with E-state index in [4.69, 9.17) is 17.2 Å². The summed E-state index contributed by atoms with van der Waals surface area (Å²) in [5.74, 6) is -1.10. The Balaban J connectivity index is 2.64. The highest BCUT2D eigenvalue weighted by Crippen LogP contribution is 2.35. The van der Waals surface area contributed by atoms with Crippen LogP contribution in [0, 0.1) is 0 Å². The number of alkyl halides is 3. The van der Waals surface area contributed by atoms with Crippen LogP contribution in [0.1, 0.15) is 21.7 Å². The zero-order valence-corrected chi connectivity index (χ0v) is 10.7. The maximum Gasteiger partial charge on any atom is 0.437 e. The van der Waals surface area contributed by atoms with Gasteiger partial charge in [-0.2, -0.15) is 18.3 Å². The van der Waals surface area contributed by atoms with Gasteiger partial charge in [0.1, 0.15) is 0 Å². The monoisotopic (exact) mass is 299 g/mol. The van der Waals surface area contributed by atoms with Crippen LogP contribution in [-0.2, 0) is 12.7 Å². The lowest BCUT2D eigenvalue weighted by molar-refractivity contribution is -0.140. The predicted molar refractivity (Wildman–Crippen MR) is 69.4 cm³/mol. The summed E-state index contributed by atoms with van der Waals surface area (Å²) in [5, 5.41) is 3.36. The molecule has 0 saturated heterocycles. The first-order valence-corrected chi connectivity index (χ1v) is 5.80. The minimum Gasteiger partial charge on any atom is -0.395 e. The van der Waals surface area contributed by atoms with Gasteiger partial charge in [-0.05, 0) is 17.7 Å². The van der Waals surface area contributed by atoms with E-state index in [1.54, 1.807) is 12.1 Å². The van der Waals surface area contributed by atoms with Crippen molar-refractivity contribution in [2.75, 3.05) is 5.73 Å². The molecule has 0 bridgehead atoms. The second kappa shape index (κ2) is 5.09. The van der Waals surface area contributed by atoms with Gasteiger partial charge in [-0.1, -0.05) is 12.1 Å². The van der Waals surface area contributed by atoms with Crippen molar-refractivity contribution >= 4 is 11.6 Å². The molecular weight excluding hydrogens is 287 g/mol. The molecule has 1 heterocycles. The number of halogens is 3. The van der Waals surface area contributed by atoms with Crippen LogP contribution >= 0.6 is 0 Å². The smallest absolute Gasteiger partial charge is 0.395 e. The fourth-order valence-corrected chi connectivity index (χ4v) is 1.84. The van der Waals surface area contributed by atoms with Gasteiger partial charge in [0.2, 0.25) is 0 Å². The highest BCUT2D eigenvalue weighted by molar-refractivity contribution is 5.97. The number of primary amides is 1. The van der Waals surface area contributed by atoms with Crippen LogP contribution < -0.4 is 17.2 Å². The van der Waals surface area contributed by atoms with E-state index >= 15 is 0 Å². The largest absolute Gasteiger partial charge is 0.437 e. The van der Waals surface area contributed by atoms with Crippen molar-refractivity contribution in [1.29, 1.82) is 0 Å². The standard InChI is InChI=1S/C12H12F3N5O/c13-12(14,15)10-8(17)9(11(18)21)20(19-10)7-3-1-6(5-16)2-4-7/h1-4H,5,16-17H2,(H2,18,21). The van der Waals surface area contributed by atoms with E-state index in [1.165, 1.54) is 12.1 Å². The Morgan fingerprint density at radius 3 is 2.24 bits per heavy atom. The molecule has 6 N–H and O–H groups in total. The summed E-state index contributed by atoms with van der Waals surface area (Å²) in [4.78, 5) is 11.4. The molecule has 6 nitrogen and oxygen atoms in total. The van der Waals surface area contributed by atoms with Gasteiger partial charge in [0.15, 0.2) is 11.4 Å². The first kappa shape index (κ1) is 14.9. The van der Waals surface area contributed by atoms with Crippen LogP contribution in [0.25, 0.3) is 5.69 Å². The van der Waals surface area contributed by atoms with E-state index in [-0.39, 0.29) is 12.2 Å². The third-order valence-electron chi connectivity index (χ3n) is 2.84. The maximum absolute atomic E-state index is 12.8. The lowest BCUT2D eigenvalue weighted by Gasteiger charge is -2.06. The lowest BCUT2D eigenvalue weighted by Crippen LogP contribution is -2.18. The van der Waals surface area contributed by atoms with Gasteiger partial charge >= 0.3 is 6.18 Å². The van der Waals surface area contributed by atoms with Gasteiger partial charge in [-0.15, -0.1) is 0 Å². The molecule has 0 saturated carbocycles. The molecule has 0 unspecified atom stereocenters. The van der Waals surface area contributed by atoms with Crippen LogP contribution in [0.15, 0.2) is 24.3 Å². The molecule has 1 amide bonds. The highest BCUT2D eigenvalue weighted by atomic mass is 19.4. The average molecular weight is 299 g/mol. The van der Waals surface area contributed by atoms with Crippen molar-refractivity contribution in [3.05, 3.63) is 41.2 Å². The summed E-state index contributed by atoms with van der Waals surface area (Å²) in [6.45, 7) is 0.276. The molecule has 0 spiro atoms. The number of anilines is 1. The molecule has 0 aliphatic rings. The Morgan fingerprint density at radius 1 is 1.24 bits per heavy atom. The molecule has 1 aromatic heterocycles. The third kappa shape index (κ3) is 2.68. The number of aromatic nitrogens is 2. The normalized spacial score (nSPS) is 11.6. The first-order chi connectivity index (χ1) is 9.75. The van der Waals surface area contributed by atoms with Crippen LogP contribution in [0.2, 0.25) is 0 Å². The summed E-state index contributed by atoms with van der Waals surface area (Å²) in [7, 11) is 0. The third-order valence-corrected chi connectivity index (χ3v) is 2.84. The number of nitrogens with two attached hydrogens (primary N) is 3. The van der Waals surface area contributed by atoms with Crippen LogP contribution in [0.3, 0.4) is 0 Å². The fourth-order valence-electron chi connectivity index (χ4n) is 1.84. The number of nitrogens with zero attached hydrogens (tertiary/aromatic N) is 2. The van der Waals surface area contributed by atoms with Crippen LogP contribution in [-0.4, -0.2) is 15.7 Å². The average Bonchev–Trinajstić information content (AvgIpc) is 2.76. The Morgan fingerprint density at radius 2 is 1.81 bits per heavy atom. The number of hydrogen-bond donors (Lipinski definition) is 3. The van der Waals surface area contributed by atoms with Crippen molar-refractivity contribution in [3.8, 4) is 5.69 Å². The molecule has 1 aromatic carbocycles. The number of rotatable bonds is 3. The van der Waals surface area contributed by atoms with Gasteiger partial charge in [0.05, 0.1) is 11.4 Å². The molecule has 0 aliphatic heterocycles. The molecule has 2 rings (SSSR count). The highest BCUT2D eigenvalue weighted by Gasteiger charge is 2.39. The van der Waals surface area contributed by atoms with Crippen LogP contribution in [0.4, 0.5) is 18.9 Å². The van der Waals surface area contributed by atoms with Gasteiger partial charge < -0.3 is 17.2 Å². The van der Waals surface area contributed by atoms with Gasteiger partial charge in [-0.25, -0.2) is 4.68 Å². The van der Waals surface area contributed by atoms with E-state index in [0.29, 0.717) is 0 Å². The minimum atomic E-state index is -4.78. The Hall–Kier alpha value is -2.55. The van der Waals surface area contributed by atoms with E-state index < -0.39 is 29.2 Å². The van der Waals surface area contributed by atoms with Gasteiger partial charge in [-0.3, -0.25) is 4.79 Å². The molecule has 0 atom stereocenters. The summed E-state index contributed by atoms with van der Waals surface area (Å²) < 4.78 is 39.2. The Bertz CT molecular complexity index is 675. The molecule has 2 aromatic rings. The number of hydrogen-bond acceptors (Lipinski definition) is 4. The van der Waals surface area contributed by atoms with Crippen molar-refractivity contribution in [3.63, 3.8) is 0 Å². The van der Waals surface area contributed by atoms with Crippen molar-refractivity contribution in [2.45, 2.75) is 12.7 Å². The number of carbonyl (C=O) groups excluding carboxylic acids is 1. The number of amides is 1. The Labute approximate surface area is 117 Å². The Kier molecular flexibility index (Phi) is 3.60. The molecule has 9 heteroatoms. The topological polar surface area (TPSA) is 113 Å². The van der Waals surface area contributed by atoms with Crippen LogP contribution in [0.5, 0.6) is 0 Å². The summed E-state index contributed by atoms with van der Waals surface area (Å²) in [5.41, 5.74) is 14.2. The molecule has 0 aliphatic carbocycles. The zero-order chi connectivity index (χ0) is 15.8. The van der Waals surface area contributed by atoms with Gasteiger partial charge in [0, 0.05) is 6.54 Å². The molecular formula is C12H12F3N5O. The number of benzene rings is 1. The van der Waals surface area contributed by atoms with E-state index in [9.17, 15) is 18.0 Å². The van der Waals surface area contributed by atoms with E-state index in [1.807, 2.05) is 0 Å². The minimum absolute atomic E-state index is 0.225. The molecule has 112 valence electrons. The van der Waals surface area contributed by atoms with Crippen molar-refractivity contribution < 1.29 is 18.0 Å².